The van der Waals surface area contributed by atoms with E-state index in [1.807, 2.05) is 30.3 Å². The van der Waals surface area contributed by atoms with Gasteiger partial charge < -0.3 is 14.6 Å². The molecule has 1 N–H and O–H groups in total. The van der Waals surface area contributed by atoms with Gasteiger partial charge in [0.15, 0.2) is 0 Å². The van der Waals surface area contributed by atoms with Gasteiger partial charge in [0.05, 0.1) is 12.2 Å². The number of fused-ring (bicyclic) bond motifs is 4. The van der Waals surface area contributed by atoms with Gasteiger partial charge in [-0.25, -0.2) is 4.79 Å². The van der Waals surface area contributed by atoms with Crippen molar-refractivity contribution in [1.29, 1.82) is 0 Å². The summed E-state index contributed by atoms with van der Waals surface area (Å²) in [5.74, 6) is -0.0187. The summed E-state index contributed by atoms with van der Waals surface area (Å²) in [5, 5.41) is 5.45. The lowest BCUT2D eigenvalue weighted by Gasteiger charge is -2.40. The minimum absolute atomic E-state index is 0. The second kappa shape index (κ2) is 10.4. The maximum atomic E-state index is 12.9. The predicted octanol–water partition coefficient (Wildman–Crippen LogP) is 5.80. The van der Waals surface area contributed by atoms with Gasteiger partial charge in [-0.15, -0.1) is 12.4 Å². The highest BCUT2D eigenvalue weighted by molar-refractivity contribution is 6.09. The summed E-state index contributed by atoms with van der Waals surface area (Å²) in [6, 6.07) is 22.6. The number of benzene rings is 3. The number of aromatic nitrogens is 1. The number of carbonyl (C=O) groups excluding carboxylic acids is 2. The molecule has 7 nitrogen and oxygen atoms in total. The van der Waals surface area contributed by atoms with E-state index < -0.39 is 0 Å². The SMILES string of the molecule is CCn1c2ccccc2c2cc(NC(=O)CN3CCC(N4C(=O)OCc5ccccc54)CC3)ccc21.Cl. The Bertz CT molecular complexity index is 1460. The normalized spacial score (nSPS) is 16.4. The zero-order valence-electron chi connectivity index (χ0n) is 20.9. The molecule has 2 aliphatic rings. The number of cyclic esters (lactones) is 1. The van der Waals surface area contributed by atoms with Crippen LogP contribution in [0, 0.1) is 0 Å². The van der Waals surface area contributed by atoms with Crippen molar-refractivity contribution in [3.05, 3.63) is 72.3 Å². The van der Waals surface area contributed by atoms with Gasteiger partial charge in [0, 0.05) is 58.7 Å². The highest BCUT2D eigenvalue weighted by Crippen LogP contribution is 2.33. The number of amides is 2. The maximum Gasteiger partial charge on any atom is 0.414 e. The Hall–Kier alpha value is -3.55. The van der Waals surface area contributed by atoms with Crippen LogP contribution in [0.4, 0.5) is 16.2 Å². The number of ether oxygens (including phenoxy) is 1. The Labute approximate surface area is 222 Å². The molecule has 0 bridgehead atoms. The number of hydrogen-bond acceptors (Lipinski definition) is 4. The number of aryl methyl sites for hydroxylation is 1. The molecule has 0 atom stereocenters. The first kappa shape index (κ1) is 25.1. The fraction of sp³-hybridized carbons (Fsp3) is 0.310. The van der Waals surface area contributed by atoms with E-state index in [2.05, 4.69) is 58.1 Å². The molecular weight excluding hydrogens is 488 g/mol. The van der Waals surface area contributed by atoms with Crippen molar-refractivity contribution in [2.24, 2.45) is 0 Å². The van der Waals surface area contributed by atoms with Crippen molar-refractivity contribution in [2.75, 3.05) is 29.9 Å². The van der Waals surface area contributed by atoms with Crippen molar-refractivity contribution in [1.82, 2.24) is 9.47 Å². The molecule has 0 aliphatic carbocycles. The number of anilines is 2. The lowest BCUT2D eigenvalue weighted by molar-refractivity contribution is -0.117. The van der Waals surface area contributed by atoms with Crippen LogP contribution in [0.5, 0.6) is 0 Å². The number of likely N-dealkylation sites (tertiary alicyclic amines) is 1. The molecule has 0 unspecified atom stereocenters. The van der Waals surface area contributed by atoms with Gasteiger partial charge >= 0.3 is 6.09 Å². The van der Waals surface area contributed by atoms with Gasteiger partial charge in [0.1, 0.15) is 6.61 Å². The molecule has 192 valence electrons. The fourth-order valence-electron chi connectivity index (χ4n) is 5.73. The standard InChI is InChI=1S/C29H30N4O3.ClH/c1-2-32-26-10-6-4-8-23(26)24-17-21(11-12-27(24)32)30-28(34)18-31-15-13-22(14-16-31)33-25-9-5-3-7-20(25)19-36-29(33)35;/h3-12,17,22H,2,13-16,18-19H2,1H3,(H,30,34);1H. The van der Waals surface area contributed by atoms with Gasteiger partial charge in [-0.3, -0.25) is 14.6 Å². The molecule has 3 heterocycles. The van der Waals surface area contributed by atoms with E-state index in [4.69, 9.17) is 4.74 Å². The molecule has 1 saturated heterocycles. The van der Waals surface area contributed by atoms with E-state index >= 15 is 0 Å². The molecule has 1 aromatic heterocycles. The highest BCUT2D eigenvalue weighted by Gasteiger charge is 2.34. The van der Waals surface area contributed by atoms with Crippen LogP contribution in [0.3, 0.4) is 0 Å². The van der Waals surface area contributed by atoms with Gasteiger partial charge in [0.25, 0.3) is 0 Å². The Morgan fingerprint density at radius 3 is 2.51 bits per heavy atom. The number of nitrogens with zero attached hydrogens (tertiary/aromatic N) is 3. The van der Waals surface area contributed by atoms with Crippen molar-refractivity contribution < 1.29 is 14.3 Å². The van der Waals surface area contributed by atoms with E-state index in [0.29, 0.717) is 13.2 Å². The molecule has 1 fully saturated rings. The van der Waals surface area contributed by atoms with Gasteiger partial charge in [-0.05, 0) is 50.1 Å². The summed E-state index contributed by atoms with van der Waals surface area (Å²) in [6.45, 7) is 5.22. The van der Waals surface area contributed by atoms with E-state index in [1.54, 1.807) is 4.90 Å². The third-order valence-electron chi connectivity index (χ3n) is 7.46. The average Bonchev–Trinajstić information content (AvgIpc) is 3.22. The maximum absolute atomic E-state index is 12.9. The first-order valence-electron chi connectivity index (χ1n) is 12.7. The van der Waals surface area contributed by atoms with Crippen LogP contribution < -0.4 is 10.2 Å². The minimum atomic E-state index is -0.273. The molecule has 3 aromatic carbocycles. The second-order valence-electron chi connectivity index (χ2n) is 9.60. The van der Waals surface area contributed by atoms with Crippen molar-refractivity contribution in [2.45, 2.75) is 39.0 Å². The third-order valence-corrected chi connectivity index (χ3v) is 7.46. The molecule has 2 amide bonds. The number of hydrogen-bond donors (Lipinski definition) is 1. The number of halogens is 1. The van der Waals surface area contributed by atoms with Gasteiger partial charge in [0.2, 0.25) is 5.91 Å². The monoisotopic (exact) mass is 518 g/mol. The van der Waals surface area contributed by atoms with Crippen molar-refractivity contribution in [3.63, 3.8) is 0 Å². The largest absolute Gasteiger partial charge is 0.444 e. The first-order valence-corrected chi connectivity index (χ1v) is 12.7. The number of carbonyl (C=O) groups is 2. The number of piperidine rings is 1. The van der Waals surface area contributed by atoms with E-state index in [1.165, 1.54) is 16.4 Å². The topological polar surface area (TPSA) is 66.8 Å². The summed E-state index contributed by atoms with van der Waals surface area (Å²) in [5.41, 5.74) is 5.19. The smallest absolute Gasteiger partial charge is 0.414 e. The number of para-hydroxylation sites is 2. The fourth-order valence-corrected chi connectivity index (χ4v) is 5.73. The van der Waals surface area contributed by atoms with Crippen molar-refractivity contribution in [3.8, 4) is 0 Å². The van der Waals surface area contributed by atoms with Crippen LogP contribution in [0.25, 0.3) is 21.8 Å². The van der Waals surface area contributed by atoms with Crippen LogP contribution in [0.2, 0.25) is 0 Å². The Kier molecular flexibility index (Phi) is 7.09. The number of nitrogens with one attached hydrogen (secondary N) is 1. The number of rotatable bonds is 5. The van der Waals surface area contributed by atoms with Gasteiger partial charge in [-0.2, -0.15) is 0 Å². The summed E-state index contributed by atoms with van der Waals surface area (Å²) < 4.78 is 7.70. The lowest BCUT2D eigenvalue weighted by atomic mass is 10.0. The molecule has 2 aliphatic heterocycles. The lowest BCUT2D eigenvalue weighted by Crippen LogP contribution is -2.50. The highest BCUT2D eigenvalue weighted by atomic mass is 35.5. The summed E-state index contributed by atoms with van der Waals surface area (Å²) in [7, 11) is 0. The van der Waals surface area contributed by atoms with Crippen molar-refractivity contribution >= 4 is 57.6 Å². The van der Waals surface area contributed by atoms with E-state index in [9.17, 15) is 9.59 Å². The molecule has 0 saturated carbocycles. The second-order valence-corrected chi connectivity index (χ2v) is 9.60. The summed E-state index contributed by atoms with van der Waals surface area (Å²) in [6.07, 6.45) is 1.34. The summed E-state index contributed by atoms with van der Waals surface area (Å²) >= 11 is 0. The molecule has 6 rings (SSSR count). The van der Waals surface area contributed by atoms with Crippen LogP contribution in [0.15, 0.2) is 66.7 Å². The average molecular weight is 519 g/mol. The van der Waals surface area contributed by atoms with Crippen LogP contribution in [-0.4, -0.2) is 47.1 Å². The molecular formula is C29H31ClN4O3. The van der Waals surface area contributed by atoms with Crippen LogP contribution in [0.1, 0.15) is 25.3 Å². The Balaban J connectivity index is 0.00000280. The molecule has 0 spiro atoms. The molecule has 8 heteroatoms. The van der Waals surface area contributed by atoms with Crippen LogP contribution >= 0.6 is 12.4 Å². The molecule has 0 radical (unpaired) electrons. The van der Waals surface area contributed by atoms with Crippen LogP contribution in [-0.2, 0) is 22.7 Å². The molecule has 4 aromatic rings. The predicted molar refractivity (Wildman–Crippen MR) is 150 cm³/mol. The molecule has 37 heavy (non-hydrogen) atoms. The van der Waals surface area contributed by atoms with E-state index in [0.717, 1.165) is 54.8 Å². The Morgan fingerprint density at radius 1 is 0.973 bits per heavy atom. The summed E-state index contributed by atoms with van der Waals surface area (Å²) in [4.78, 5) is 29.4. The zero-order chi connectivity index (χ0) is 24.6. The minimum Gasteiger partial charge on any atom is -0.444 e. The van der Waals surface area contributed by atoms with E-state index in [-0.39, 0.29) is 30.4 Å². The van der Waals surface area contributed by atoms with Gasteiger partial charge in [-0.1, -0.05) is 36.4 Å². The first-order chi connectivity index (χ1) is 17.6. The Morgan fingerprint density at radius 2 is 1.70 bits per heavy atom. The third kappa shape index (κ3) is 4.65. The zero-order valence-corrected chi connectivity index (χ0v) is 21.7. The quantitative estimate of drug-likeness (QED) is 0.363.